The Morgan fingerprint density at radius 3 is 2.68 bits per heavy atom. The van der Waals surface area contributed by atoms with Gasteiger partial charge in [-0.1, -0.05) is 18.6 Å². The lowest BCUT2D eigenvalue weighted by atomic mass is 10.1. The highest BCUT2D eigenvalue weighted by molar-refractivity contribution is 5.25. The minimum atomic E-state index is -0.109. The molecule has 0 radical (unpaired) electrons. The molecule has 0 bridgehead atoms. The zero-order chi connectivity index (χ0) is 13.7. The molecule has 1 fully saturated rings. The van der Waals surface area contributed by atoms with Crippen molar-refractivity contribution < 1.29 is 4.39 Å². The maximum Gasteiger partial charge on any atom is 0.126 e. The highest BCUT2D eigenvalue weighted by atomic mass is 19.1. The van der Waals surface area contributed by atoms with E-state index < -0.39 is 0 Å². The summed E-state index contributed by atoms with van der Waals surface area (Å²) in [6.45, 7) is 8.42. The lowest BCUT2D eigenvalue weighted by Gasteiger charge is -2.27. The Kier molecular flexibility index (Phi) is 5.34. The Balaban J connectivity index is 1.76. The summed E-state index contributed by atoms with van der Waals surface area (Å²) in [5.74, 6) is -0.109. The minimum absolute atomic E-state index is 0.109. The Morgan fingerprint density at radius 1 is 1.26 bits per heavy atom. The van der Waals surface area contributed by atoms with Gasteiger partial charge in [0.1, 0.15) is 5.82 Å². The summed E-state index contributed by atoms with van der Waals surface area (Å²) in [7, 11) is 0. The summed E-state index contributed by atoms with van der Waals surface area (Å²) in [6.07, 6.45) is 4.04. The predicted molar refractivity (Wildman–Crippen MR) is 77.8 cm³/mol. The molecule has 19 heavy (non-hydrogen) atoms. The van der Waals surface area contributed by atoms with Crippen LogP contribution < -0.4 is 5.32 Å². The quantitative estimate of drug-likeness (QED) is 0.878. The first-order chi connectivity index (χ1) is 9.16. The van der Waals surface area contributed by atoms with Crippen molar-refractivity contribution in [1.82, 2.24) is 10.2 Å². The number of likely N-dealkylation sites (tertiary alicyclic amines) is 1. The summed E-state index contributed by atoms with van der Waals surface area (Å²) in [4.78, 5) is 2.51. The second-order valence-electron chi connectivity index (χ2n) is 5.59. The van der Waals surface area contributed by atoms with Crippen LogP contribution in [-0.2, 0) is 0 Å². The molecule has 2 rings (SSSR count). The Labute approximate surface area is 116 Å². The van der Waals surface area contributed by atoms with E-state index in [4.69, 9.17) is 0 Å². The molecule has 1 aromatic rings. The number of nitrogens with zero attached hydrogens (tertiary/aromatic N) is 1. The monoisotopic (exact) mass is 264 g/mol. The fourth-order valence-corrected chi connectivity index (χ4v) is 2.62. The second-order valence-corrected chi connectivity index (χ2v) is 5.59. The molecular weight excluding hydrogens is 239 g/mol. The molecule has 0 amide bonds. The second kappa shape index (κ2) is 7.01. The van der Waals surface area contributed by atoms with Gasteiger partial charge in [0.05, 0.1) is 0 Å². The van der Waals surface area contributed by atoms with E-state index in [2.05, 4.69) is 17.1 Å². The summed E-state index contributed by atoms with van der Waals surface area (Å²) < 4.78 is 13.5. The van der Waals surface area contributed by atoms with Crippen molar-refractivity contribution in [3.63, 3.8) is 0 Å². The molecule has 1 N–H and O–H groups in total. The molecule has 106 valence electrons. The summed E-state index contributed by atoms with van der Waals surface area (Å²) in [6, 6.07) is 5.72. The van der Waals surface area contributed by atoms with Crippen molar-refractivity contribution in [2.45, 2.75) is 39.2 Å². The van der Waals surface area contributed by atoms with Crippen molar-refractivity contribution in [2.24, 2.45) is 0 Å². The standard InChI is InChI=1S/C16H25FN2/c1-13-6-7-15(12-16(13)17)14(2)18-8-11-19-9-4-3-5-10-19/h6-7,12,14,18H,3-5,8-11H2,1-2H3. The first-order valence-electron chi connectivity index (χ1n) is 7.38. The molecule has 1 atom stereocenters. The van der Waals surface area contributed by atoms with Gasteiger partial charge in [0, 0.05) is 19.1 Å². The van der Waals surface area contributed by atoms with Crippen LogP contribution in [0.4, 0.5) is 4.39 Å². The van der Waals surface area contributed by atoms with Gasteiger partial charge in [-0.05, 0) is 57.0 Å². The number of hydrogen-bond donors (Lipinski definition) is 1. The van der Waals surface area contributed by atoms with Crippen LogP contribution in [0.5, 0.6) is 0 Å². The summed E-state index contributed by atoms with van der Waals surface area (Å²) in [5, 5.41) is 3.48. The molecule has 0 spiro atoms. The molecule has 1 heterocycles. The Morgan fingerprint density at radius 2 is 2.00 bits per heavy atom. The largest absolute Gasteiger partial charge is 0.309 e. The van der Waals surface area contributed by atoms with Crippen molar-refractivity contribution in [3.05, 3.63) is 35.1 Å². The van der Waals surface area contributed by atoms with Crippen LogP contribution in [0.25, 0.3) is 0 Å². The number of aryl methyl sites for hydroxylation is 1. The van der Waals surface area contributed by atoms with Gasteiger partial charge in [0.25, 0.3) is 0 Å². The fraction of sp³-hybridized carbons (Fsp3) is 0.625. The SMILES string of the molecule is Cc1ccc(C(C)NCCN2CCCCC2)cc1F. The number of nitrogens with one attached hydrogen (secondary N) is 1. The van der Waals surface area contributed by atoms with Crippen molar-refractivity contribution in [2.75, 3.05) is 26.2 Å². The first-order valence-corrected chi connectivity index (χ1v) is 7.38. The van der Waals surface area contributed by atoms with Gasteiger partial charge in [-0.2, -0.15) is 0 Å². The van der Waals surface area contributed by atoms with E-state index in [0.717, 1.165) is 18.7 Å². The lowest BCUT2D eigenvalue weighted by molar-refractivity contribution is 0.227. The number of hydrogen-bond acceptors (Lipinski definition) is 2. The van der Waals surface area contributed by atoms with E-state index >= 15 is 0 Å². The van der Waals surface area contributed by atoms with Crippen LogP contribution in [0.1, 0.15) is 43.4 Å². The van der Waals surface area contributed by atoms with E-state index in [-0.39, 0.29) is 11.9 Å². The van der Waals surface area contributed by atoms with Crippen LogP contribution in [-0.4, -0.2) is 31.1 Å². The molecule has 1 saturated heterocycles. The third kappa shape index (κ3) is 4.29. The number of halogens is 1. The lowest BCUT2D eigenvalue weighted by Crippen LogP contribution is -2.36. The van der Waals surface area contributed by atoms with Gasteiger partial charge >= 0.3 is 0 Å². The topological polar surface area (TPSA) is 15.3 Å². The van der Waals surface area contributed by atoms with E-state index in [1.54, 1.807) is 13.0 Å². The average Bonchev–Trinajstić information content (AvgIpc) is 2.43. The van der Waals surface area contributed by atoms with Crippen molar-refractivity contribution >= 4 is 0 Å². The number of benzene rings is 1. The smallest absolute Gasteiger partial charge is 0.126 e. The van der Waals surface area contributed by atoms with Crippen LogP contribution >= 0.6 is 0 Å². The summed E-state index contributed by atoms with van der Waals surface area (Å²) in [5.41, 5.74) is 1.74. The third-order valence-electron chi connectivity index (χ3n) is 4.02. The van der Waals surface area contributed by atoms with Gasteiger partial charge in [0.2, 0.25) is 0 Å². The molecule has 1 aliphatic heterocycles. The number of piperidine rings is 1. The van der Waals surface area contributed by atoms with E-state index in [1.165, 1.54) is 32.4 Å². The normalized spacial score (nSPS) is 18.5. The van der Waals surface area contributed by atoms with E-state index in [0.29, 0.717) is 5.56 Å². The van der Waals surface area contributed by atoms with Crippen molar-refractivity contribution in [1.29, 1.82) is 0 Å². The molecule has 0 aliphatic carbocycles. The number of rotatable bonds is 5. The van der Waals surface area contributed by atoms with Crippen LogP contribution in [0, 0.1) is 12.7 Å². The van der Waals surface area contributed by atoms with Gasteiger partial charge in [-0.15, -0.1) is 0 Å². The predicted octanol–water partition coefficient (Wildman–Crippen LogP) is 3.27. The molecular formula is C16H25FN2. The zero-order valence-electron chi connectivity index (χ0n) is 12.1. The molecule has 1 aliphatic rings. The van der Waals surface area contributed by atoms with E-state index in [9.17, 15) is 4.39 Å². The highest BCUT2D eigenvalue weighted by Gasteiger charge is 2.11. The first kappa shape index (κ1) is 14.5. The zero-order valence-corrected chi connectivity index (χ0v) is 12.1. The van der Waals surface area contributed by atoms with Gasteiger partial charge in [-0.25, -0.2) is 4.39 Å². The Hall–Kier alpha value is -0.930. The maximum absolute atomic E-state index is 13.5. The molecule has 2 nitrogen and oxygen atoms in total. The van der Waals surface area contributed by atoms with E-state index in [1.807, 2.05) is 12.1 Å². The maximum atomic E-state index is 13.5. The average molecular weight is 264 g/mol. The molecule has 3 heteroatoms. The molecule has 1 unspecified atom stereocenters. The van der Waals surface area contributed by atoms with Gasteiger partial charge in [-0.3, -0.25) is 0 Å². The molecule has 0 saturated carbocycles. The highest BCUT2D eigenvalue weighted by Crippen LogP contribution is 2.16. The van der Waals surface area contributed by atoms with Crippen molar-refractivity contribution in [3.8, 4) is 0 Å². The minimum Gasteiger partial charge on any atom is -0.309 e. The molecule has 1 aromatic carbocycles. The fourth-order valence-electron chi connectivity index (χ4n) is 2.62. The van der Waals surface area contributed by atoms with Crippen LogP contribution in [0.3, 0.4) is 0 Å². The Bertz CT molecular complexity index is 400. The van der Waals surface area contributed by atoms with Crippen LogP contribution in [0.15, 0.2) is 18.2 Å². The van der Waals surface area contributed by atoms with Gasteiger partial charge < -0.3 is 10.2 Å². The molecule has 0 aromatic heterocycles. The van der Waals surface area contributed by atoms with Gasteiger partial charge in [0.15, 0.2) is 0 Å². The third-order valence-corrected chi connectivity index (χ3v) is 4.02. The van der Waals surface area contributed by atoms with Crippen LogP contribution in [0.2, 0.25) is 0 Å². The summed E-state index contributed by atoms with van der Waals surface area (Å²) >= 11 is 0.